The molecule has 0 unspecified atom stereocenters. The molecule has 3 rings (SSSR count). The molecular formula is C22H19Cl2N3O2. The fourth-order valence-electron chi connectivity index (χ4n) is 2.68. The van der Waals surface area contributed by atoms with Crippen LogP contribution in [0, 0.1) is 0 Å². The van der Waals surface area contributed by atoms with Crippen LogP contribution < -0.4 is 16.0 Å². The first-order valence-corrected chi connectivity index (χ1v) is 9.69. The summed E-state index contributed by atoms with van der Waals surface area (Å²) >= 11 is 12.0. The molecule has 0 fully saturated rings. The van der Waals surface area contributed by atoms with Crippen molar-refractivity contribution in [1.82, 2.24) is 5.32 Å². The zero-order valence-electron chi connectivity index (χ0n) is 15.4. The van der Waals surface area contributed by atoms with Crippen molar-refractivity contribution in [3.05, 3.63) is 94.0 Å². The maximum absolute atomic E-state index is 12.6. The van der Waals surface area contributed by atoms with E-state index in [0.717, 1.165) is 5.56 Å². The first-order valence-electron chi connectivity index (χ1n) is 8.93. The molecule has 2 amide bonds. The van der Waals surface area contributed by atoms with Gasteiger partial charge in [0.25, 0.3) is 5.91 Å². The predicted molar refractivity (Wildman–Crippen MR) is 118 cm³/mol. The number of para-hydroxylation sites is 1. The summed E-state index contributed by atoms with van der Waals surface area (Å²) in [6.45, 7) is 0.383. The lowest BCUT2D eigenvalue weighted by molar-refractivity contribution is -0.114. The predicted octanol–water partition coefficient (Wildman–Crippen LogP) is 4.97. The number of carbonyl (C=O) groups excluding carboxylic acids is 2. The van der Waals surface area contributed by atoms with Crippen molar-refractivity contribution in [1.29, 1.82) is 0 Å². The highest BCUT2D eigenvalue weighted by Crippen LogP contribution is 2.29. The minimum Gasteiger partial charge on any atom is -0.376 e. The summed E-state index contributed by atoms with van der Waals surface area (Å²) in [7, 11) is 0. The Bertz CT molecular complexity index is 1010. The molecule has 0 aliphatic heterocycles. The van der Waals surface area contributed by atoms with Gasteiger partial charge in [-0.3, -0.25) is 9.59 Å². The van der Waals surface area contributed by atoms with Crippen LogP contribution in [0.3, 0.4) is 0 Å². The van der Waals surface area contributed by atoms with Crippen molar-refractivity contribution < 1.29 is 9.59 Å². The van der Waals surface area contributed by atoms with Crippen LogP contribution in [-0.4, -0.2) is 18.4 Å². The summed E-state index contributed by atoms with van der Waals surface area (Å²) in [4.78, 5) is 24.8. The first kappa shape index (κ1) is 20.7. The molecule has 0 saturated heterocycles. The first-order chi connectivity index (χ1) is 14.0. The van der Waals surface area contributed by atoms with Crippen LogP contribution in [0.25, 0.3) is 0 Å². The van der Waals surface area contributed by atoms with Gasteiger partial charge >= 0.3 is 0 Å². The molecule has 148 valence electrons. The Labute approximate surface area is 179 Å². The maximum atomic E-state index is 12.6. The molecule has 0 heterocycles. The van der Waals surface area contributed by atoms with Crippen LogP contribution in [0.1, 0.15) is 15.9 Å². The van der Waals surface area contributed by atoms with Crippen molar-refractivity contribution >= 4 is 46.4 Å². The van der Waals surface area contributed by atoms with Crippen LogP contribution in [-0.2, 0) is 11.3 Å². The number of halogens is 2. The van der Waals surface area contributed by atoms with E-state index in [1.165, 1.54) is 0 Å². The highest BCUT2D eigenvalue weighted by Gasteiger charge is 2.13. The summed E-state index contributed by atoms with van der Waals surface area (Å²) in [5, 5.41) is 9.22. The largest absolute Gasteiger partial charge is 0.376 e. The Morgan fingerprint density at radius 1 is 0.793 bits per heavy atom. The van der Waals surface area contributed by atoms with Crippen molar-refractivity contribution in [3.63, 3.8) is 0 Å². The molecule has 0 bridgehead atoms. The number of rotatable bonds is 7. The molecule has 3 N–H and O–H groups in total. The quantitative estimate of drug-likeness (QED) is 0.498. The van der Waals surface area contributed by atoms with Gasteiger partial charge in [-0.25, -0.2) is 0 Å². The molecule has 0 aliphatic rings. The molecule has 0 spiro atoms. The van der Waals surface area contributed by atoms with E-state index in [1.807, 2.05) is 30.3 Å². The number of hydrogen-bond donors (Lipinski definition) is 3. The minimum absolute atomic E-state index is 0.0359. The molecule has 0 aliphatic carbocycles. The van der Waals surface area contributed by atoms with Crippen LogP contribution >= 0.6 is 23.2 Å². The van der Waals surface area contributed by atoms with Crippen LogP contribution in [0.15, 0.2) is 72.8 Å². The molecule has 7 heteroatoms. The smallest absolute Gasteiger partial charge is 0.253 e. The topological polar surface area (TPSA) is 70.2 Å². The highest BCUT2D eigenvalue weighted by atomic mass is 35.5. The van der Waals surface area contributed by atoms with Crippen LogP contribution in [0.2, 0.25) is 10.0 Å². The Hall–Kier alpha value is -3.02. The number of amides is 2. The van der Waals surface area contributed by atoms with E-state index >= 15 is 0 Å². The molecule has 0 atom stereocenters. The van der Waals surface area contributed by atoms with E-state index in [-0.39, 0.29) is 23.4 Å². The van der Waals surface area contributed by atoms with E-state index in [4.69, 9.17) is 23.2 Å². The summed E-state index contributed by atoms with van der Waals surface area (Å²) in [6, 6.07) is 21.7. The highest BCUT2D eigenvalue weighted by molar-refractivity contribution is 6.44. The normalized spacial score (nSPS) is 10.3. The van der Waals surface area contributed by atoms with Gasteiger partial charge in [-0.1, -0.05) is 71.7 Å². The van der Waals surface area contributed by atoms with Crippen molar-refractivity contribution in [2.24, 2.45) is 0 Å². The number of carbonyl (C=O) groups is 2. The van der Waals surface area contributed by atoms with E-state index < -0.39 is 0 Å². The summed E-state index contributed by atoms with van der Waals surface area (Å²) in [5.41, 5.74) is 2.45. The second kappa shape index (κ2) is 9.96. The number of nitrogens with one attached hydrogen (secondary N) is 3. The van der Waals surface area contributed by atoms with Gasteiger partial charge < -0.3 is 16.0 Å². The van der Waals surface area contributed by atoms with Gasteiger partial charge in [-0.05, 0) is 29.8 Å². The van der Waals surface area contributed by atoms with Gasteiger partial charge in [0.1, 0.15) is 0 Å². The van der Waals surface area contributed by atoms with Gasteiger partial charge in [0.15, 0.2) is 0 Å². The SMILES string of the molecule is O=C(CNc1ccccc1C(=O)NCc1ccccc1)Nc1cccc(Cl)c1Cl. The summed E-state index contributed by atoms with van der Waals surface area (Å²) in [6.07, 6.45) is 0. The second-order valence-electron chi connectivity index (χ2n) is 6.22. The molecule has 0 saturated carbocycles. The van der Waals surface area contributed by atoms with Gasteiger partial charge in [-0.15, -0.1) is 0 Å². The van der Waals surface area contributed by atoms with E-state index in [1.54, 1.807) is 42.5 Å². The fourth-order valence-corrected chi connectivity index (χ4v) is 3.03. The van der Waals surface area contributed by atoms with E-state index in [9.17, 15) is 9.59 Å². The van der Waals surface area contributed by atoms with Crippen molar-refractivity contribution in [2.45, 2.75) is 6.54 Å². The molecule has 0 radical (unpaired) electrons. The zero-order chi connectivity index (χ0) is 20.6. The van der Waals surface area contributed by atoms with Crippen LogP contribution in [0.4, 0.5) is 11.4 Å². The lowest BCUT2D eigenvalue weighted by Crippen LogP contribution is -2.26. The standard InChI is InChI=1S/C22H19Cl2N3O2/c23-17-10-6-12-19(21(17)24)27-20(28)14-25-18-11-5-4-9-16(18)22(29)26-13-15-7-2-1-3-8-15/h1-12,25H,13-14H2,(H,26,29)(H,27,28). The molecule has 5 nitrogen and oxygen atoms in total. The average molecular weight is 428 g/mol. The third kappa shape index (κ3) is 5.73. The Morgan fingerprint density at radius 3 is 2.28 bits per heavy atom. The maximum Gasteiger partial charge on any atom is 0.253 e. The summed E-state index contributed by atoms with van der Waals surface area (Å²) < 4.78 is 0. The zero-order valence-corrected chi connectivity index (χ0v) is 16.9. The molecule has 3 aromatic carbocycles. The Balaban J connectivity index is 1.60. The number of benzene rings is 3. The van der Waals surface area contributed by atoms with Crippen molar-refractivity contribution in [2.75, 3.05) is 17.2 Å². The van der Waals surface area contributed by atoms with Crippen molar-refractivity contribution in [3.8, 4) is 0 Å². The number of anilines is 2. The minimum atomic E-state index is -0.311. The molecule has 29 heavy (non-hydrogen) atoms. The average Bonchev–Trinajstić information content (AvgIpc) is 2.75. The molecular weight excluding hydrogens is 409 g/mol. The fraction of sp³-hybridized carbons (Fsp3) is 0.0909. The number of hydrogen-bond acceptors (Lipinski definition) is 3. The van der Waals surface area contributed by atoms with E-state index in [2.05, 4.69) is 16.0 Å². The van der Waals surface area contributed by atoms with Gasteiger partial charge in [0, 0.05) is 12.2 Å². The Kier molecular flexibility index (Phi) is 7.11. The van der Waals surface area contributed by atoms with E-state index in [0.29, 0.717) is 28.5 Å². The lowest BCUT2D eigenvalue weighted by atomic mass is 10.1. The summed E-state index contributed by atoms with van der Waals surface area (Å²) in [5.74, 6) is -0.538. The third-order valence-electron chi connectivity index (χ3n) is 4.13. The third-order valence-corrected chi connectivity index (χ3v) is 4.95. The lowest BCUT2D eigenvalue weighted by Gasteiger charge is -2.13. The van der Waals surface area contributed by atoms with Gasteiger partial charge in [0.05, 0.1) is 27.8 Å². The monoisotopic (exact) mass is 427 g/mol. The van der Waals surface area contributed by atoms with Crippen LogP contribution in [0.5, 0.6) is 0 Å². The van der Waals surface area contributed by atoms with Gasteiger partial charge in [-0.2, -0.15) is 0 Å². The molecule has 3 aromatic rings. The van der Waals surface area contributed by atoms with Gasteiger partial charge in [0.2, 0.25) is 5.91 Å². The molecule has 0 aromatic heterocycles. The Morgan fingerprint density at radius 2 is 1.48 bits per heavy atom. The second-order valence-corrected chi connectivity index (χ2v) is 7.00.